The first kappa shape index (κ1) is 16.9. The molecule has 0 spiro atoms. The number of hydrogen-bond acceptors (Lipinski definition) is 6. The van der Waals surface area contributed by atoms with E-state index >= 15 is 0 Å². The largest absolute Gasteiger partial charge is 0.461 e. The number of furan rings is 1. The molecule has 1 aliphatic carbocycles. The topological polar surface area (TPSA) is 113 Å². The highest BCUT2D eigenvalue weighted by Crippen LogP contribution is 2.32. The summed E-state index contributed by atoms with van der Waals surface area (Å²) < 4.78 is 7.37. The Morgan fingerprint density at radius 1 is 1.32 bits per heavy atom. The van der Waals surface area contributed by atoms with E-state index in [-0.39, 0.29) is 11.8 Å². The molecule has 0 aliphatic heterocycles. The van der Waals surface area contributed by atoms with Gasteiger partial charge in [0.15, 0.2) is 11.2 Å². The average molecular weight is 376 g/mol. The summed E-state index contributed by atoms with van der Waals surface area (Å²) in [5.74, 6) is 1.76. The fraction of sp³-hybridized carbons (Fsp3) is 0.350. The van der Waals surface area contributed by atoms with Crippen LogP contribution in [0.1, 0.15) is 30.8 Å². The van der Waals surface area contributed by atoms with Gasteiger partial charge in [-0.05, 0) is 56.4 Å². The number of aryl methyl sites for hydroxylation is 1. The summed E-state index contributed by atoms with van der Waals surface area (Å²) in [5, 5.41) is 9.46. The van der Waals surface area contributed by atoms with Crippen molar-refractivity contribution in [2.24, 2.45) is 17.6 Å². The lowest BCUT2D eigenvalue weighted by molar-refractivity contribution is -0.121. The number of carbonyl (C=O) groups excluding carboxylic acids is 1. The van der Waals surface area contributed by atoms with Crippen molar-refractivity contribution >= 4 is 28.0 Å². The predicted octanol–water partition coefficient (Wildman–Crippen LogP) is 2.71. The van der Waals surface area contributed by atoms with E-state index in [2.05, 4.69) is 15.3 Å². The first-order valence-electron chi connectivity index (χ1n) is 9.44. The number of nitrogens with two attached hydrogens (primary N) is 1. The lowest BCUT2D eigenvalue weighted by Crippen LogP contribution is -2.21. The Balaban J connectivity index is 1.47. The van der Waals surface area contributed by atoms with Crippen LogP contribution in [0.5, 0.6) is 0 Å². The summed E-state index contributed by atoms with van der Waals surface area (Å²) >= 11 is 0. The molecule has 2 atom stereocenters. The van der Waals surface area contributed by atoms with Gasteiger partial charge in [0.2, 0.25) is 5.91 Å². The Hall–Kier alpha value is -3.29. The molecule has 4 aromatic rings. The number of primary amides is 1. The second-order valence-electron chi connectivity index (χ2n) is 7.56. The highest BCUT2D eigenvalue weighted by atomic mass is 16.3. The molecule has 8 nitrogen and oxygen atoms in total. The molecule has 142 valence electrons. The van der Waals surface area contributed by atoms with Crippen molar-refractivity contribution < 1.29 is 9.21 Å². The number of carbonyl (C=O) groups is 1. The zero-order valence-corrected chi connectivity index (χ0v) is 15.5. The van der Waals surface area contributed by atoms with E-state index in [9.17, 15) is 4.79 Å². The Morgan fingerprint density at radius 2 is 2.21 bits per heavy atom. The molecule has 1 amide bonds. The second-order valence-corrected chi connectivity index (χ2v) is 7.56. The molecule has 1 saturated carbocycles. The fourth-order valence-electron chi connectivity index (χ4n) is 4.11. The van der Waals surface area contributed by atoms with Crippen LogP contribution in [0.3, 0.4) is 0 Å². The van der Waals surface area contributed by atoms with Crippen LogP contribution in [0.2, 0.25) is 0 Å². The SMILES string of the molecule is Cc1cc2cc(-n3nnc4cnc(C[C@@H]5CC[C@@H](C(N)=O)C5)nc43)ccc2o1. The highest BCUT2D eigenvalue weighted by molar-refractivity contribution is 5.81. The molecule has 28 heavy (non-hydrogen) atoms. The molecule has 0 unspecified atom stereocenters. The van der Waals surface area contributed by atoms with Gasteiger partial charge >= 0.3 is 0 Å². The summed E-state index contributed by atoms with van der Waals surface area (Å²) in [6, 6.07) is 7.87. The second kappa shape index (κ2) is 6.40. The van der Waals surface area contributed by atoms with Crippen LogP contribution in [-0.2, 0) is 11.2 Å². The summed E-state index contributed by atoms with van der Waals surface area (Å²) in [7, 11) is 0. The molecular weight excluding hydrogens is 356 g/mol. The van der Waals surface area contributed by atoms with Crippen molar-refractivity contribution in [3.8, 4) is 5.69 Å². The smallest absolute Gasteiger partial charge is 0.220 e. The van der Waals surface area contributed by atoms with Gasteiger partial charge in [0, 0.05) is 17.7 Å². The minimum Gasteiger partial charge on any atom is -0.461 e. The van der Waals surface area contributed by atoms with E-state index in [0.717, 1.165) is 53.9 Å². The van der Waals surface area contributed by atoms with Crippen LogP contribution in [0.15, 0.2) is 34.9 Å². The lowest BCUT2D eigenvalue weighted by atomic mass is 10.0. The van der Waals surface area contributed by atoms with Crippen molar-refractivity contribution in [3.05, 3.63) is 42.0 Å². The van der Waals surface area contributed by atoms with E-state index in [4.69, 9.17) is 15.1 Å². The third kappa shape index (κ3) is 2.90. The predicted molar refractivity (Wildman–Crippen MR) is 103 cm³/mol. The molecule has 0 bridgehead atoms. The van der Waals surface area contributed by atoms with E-state index < -0.39 is 0 Å². The van der Waals surface area contributed by atoms with Crippen LogP contribution >= 0.6 is 0 Å². The summed E-state index contributed by atoms with van der Waals surface area (Å²) in [4.78, 5) is 20.6. The van der Waals surface area contributed by atoms with Crippen molar-refractivity contribution in [1.82, 2.24) is 25.0 Å². The number of rotatable bonds is 4. The number of amides is 1. The summed E-state index contributed by atoms with van der Waals surface area (Å²) in [6.45, 7) is 1.93. The van der Waals surface area contributed by atoms with E-state index in [1.807, 2.05) is 31.2 Å². The van der Waals surface area contributed by atoms with Gasteiger partial charge in [-0.2, -0.15) is 4.68 Å². The molecule has 1 fully saturated rings. The Morgan fingerprint density at radius 3 is 3.04 bits per heavy atom. The van der Waals surface area contributed by atoms with Crippen molar-refractivity contribution in [1.29, 1.82) is 0 Å². The standard InChI is InChI=1S/C20H20N6O2/c1-11-6-14-9-15(4-5-17(14)28-11)26-20-16(24-25-26)10-22-18(23-20)8-12-2-3-13(7-12)19(21)27/h4-6,9-10,12-13H,2-3,7-8H2,1H3,(H2,21,27)/t12-,13-/m1/s1. The average Bonchev–Trinajstić information content (AvgIpc) is 3.38. The first-order chi connectivity index (χ1) is 13.6. The Labute approximate surface area is 160 Å². The summed E-state index contributed by atoms with van der Waals surface area (Å²) in [5.41, 5.74) is 8.47. The fourth-order valence-corrected chi connectivity index (χ4v) is 4.11. The van der Waals surface area contributed by atoms with E-state index in [0.29, 0.717) is 17.1 Å². The molecule has 8 heteroatoms. The number of nitrogens with zero attached hydrogens (tertiary/aromatic N) is 5. The zero-order chi connectivity index (χ0) is 19.3. The van der Waals surface area contributed by atoms with Crippen LogP contribution in [-0.4, -0.2) is 30.9 Å². The third-order valence-corrected chi connectivity index (χ3v) is 5.52. The van der Waals surface area contributed by atoms with Crippen molar-refractivity contribution in [3.63, 3.8) is 0 Å². The summed E-state index contributed by atoms with van der Waals surface area (Å²) in [6.07, 6.45) is 5.08. The lowest BCUT2D eigenvalue weighted by Gasteiger charge is -2.08. The van der Waals surface area contributed by atoms with Gasteiger partial charge in [-0.3, -0.25) is 4.79 Å². The van der Waals surface area contributed by atoms with Gasteiger partial charge in [0.05, 0.1) is 11.9 Å². The molecule has 5 rings (SSSR count). The maximum absolute atomic E-state index is 11.4. The molecular formula is C20H20N6O2. The number of fused-ring (bicyclic) bond motifs is 2. The third-order valence-electron chi connectivity index (χ3n) is 5.52. The Kier molecular flexibility index (Phi) is 3.85. The molecule has 3 heterocycles. The van der Waals surface area contributed by atoms with Crippen LogP contribution in [0.4, 0.5) is 0 Å². The number of benzene rings is 1. The zero-order valence-electron chi connectivity index (χ0n) is 15.5. The molecule has 2 N–H and O–H groups in total. The van der Waals surface area contributed by atoms with Crippen LogP contribution < -0.4 is 5.73 Å². The van der Waals surface area contributed by atoms with E-state index in [1.165, 1.54) is 0 Å². The highest BCUT2D eigenvalue weighted by Gasteiger charge is 2.29. The molecule has 1 aliphatic rings. The molecule has 0 radical (unpaired) electrons. The van der Waals surface area contributed by atoms with Gasteiger partial charge in [-0.1, -0.05) is 5.21 Å². The van der Waals surface area contributed by atoms with Gasteiger partial charge in [-0.25, -0.2) is 9.97 Å². The normalized spacial score (nSPS) is 19.6. The van der Waals surface area contributed by atoms with Crippen molar-refractivity contribution in [2.45, 2.75) is 32.6 Å². The van der Waals surface area contributed by atoms with Gasteiger partial charge < -0.3 is 10.2 Å². The van der Waals surface area contributed by atoms with Gasteiger partial charge in [-0.15, -0.1) is 5.10 Å². The van der Waals surface area contributed by atoms with Gasteiger partial charge in [0.25, 0.3) is 0 Å². The Bertz CT molecular complexity index is 1190. The van der Waals surface area contributed by atoms with Crippen LogP contribution in [0.25, 0.3) is 27.8 Å². The number of hydrogen-bond donors (Lipinski definition) is 1. The number of aromatic nitrogens is 5. The monoisotopic (exact) mass is 376 g/mol. The van der Waals surface area contributed by atoms with Gasteiger partial charge in [0.1, 0.15) is 17.2 Å². The maximum Gasteiger partial charge on any atom is 0.220 e. The minimum atomic E-state index is -0.203. The first-order valence-corrected chi connectivity index (χ1v) is 9.44. The van der Waals surface area contributed by atoms with Crippen LogP contribution in [0, 0.1) is 18.8 Å². The maximum atomic E-state index is 11.4. The molecule has 3 aromatic heterocycles. The minimum absolute atomic E-state index is 0.0222. The molecule has 1 aromatic carbocycles. The molecule has 0 saturated heterocycles. The quantitative estimate of drug-likeness (QED) is 0.586. The van der Waals surface area contributed by atoms with E-state index in [1.54, 1.807) is 10.9 Å². The van der Waals surface area contributed by atoms with Crippen molar-refractivity contribution in [2.75, 3.05) is 0 Å².